The quantitative estimate of drug-likeness (QED) is 0.160. The van der Waals surface area contributed by atoms with E-state index >= 15 is 0 Å². The van der Waals surface area contributed by atoms with Gasteiger partial charge in [-0.1, -0.05) is 6.58 Å². The first-order valence-corrected chi connectivity index (χ1v) is 11.1. The first kappa shape index (κ1) is 23.9. The molecule has 0 aromatic carbocycles. The maximum atomic E-state index is 13.3. The average molecular weight is 474 g/mol. The van der Waals surface area contributed by atoms with Crippen LogP contribution in [0.4, 0.5) is 17.6 Å². The first-order valence-electron chi connectivity index (χ1n) is 9.66. The van der Waals surface area contributed by atoms with Crippen molar-refractivity contribution in [2.45, 2.75) is 55.5 Å². The second-order valence-electron chi connectivity index (χ2n) is 8.08. The number of esters is 2. The Morgan fingerprint density at radius 1 is 1.23 bits per heavy atom. The van der Waals surface area contributed by atoms with Crippen LogP contribution in [0.1, 0.15) is 32.1 Å². The van der Waals surface area contributed by atoms with E-state index in [0.29, 0.717) is 6.42 Å². The van der Waals surface area contributed by atoms with Gasteiger partial charge in [0.25, 0.3) is 0 Å². The predicted molar refractivity (Wildman–Crippen MR) is 94.7 cm³/mol. The van der Waals surface area contributed by atoms with Crippen molar-refractivity contribution in [1.82, 2.24) is 0 Å². The van der Waals surface area contributed by atoms with Gasteiger partial charge in [0.15, 0.2) is 0 Å². The molecule has 0 amide bonds. The highest BCUT2D eigenvalue weighted by molar-refractivity contribution is 7.87. The summed E-state index contributed by atoms with van der Waals surface area (Å²) in [6.07, 6.45) is -1.76. The number of hydrogen-bond acceptors (Lipinski definition) is 7. The van der Waals surface area contributed by atoms with Crippen molar-refractivity contribution in [2.24, 2.45) is 17.8 Å². The second-order valence-corrected chi connectivity index (χ2v) is 9.55. The number of carbonyl (C=O) groups is 2. The van der Waals surface area contributed by atoms with Crippen LogP contribution in [0.3, 0.4) is 0 Å². The molecule has 1 saturated heterocycles. The highest BCUT2D eigenvalue weighted by Gasteiger charge is 2.65. The Kier molecular flexibility index (Phi) is 6.42. The van der Waals surface area contributed by atoms with Gasteiger partial charge in [-0.05, 0) is 25.7 Å². The van der Waals surface area contributed by atoms with Crippen LogP contribution in [-0.2, 0) is 33.9 Å². The third kappa shape index (κ3) is 4.44. The minimum atomic E-state index is -6.25. The smallest absolute Gasteiger partial charge is 0.431 e. The molecule has 3 aliphatic rings. The molecule has 3 fully saturated rings. The lowest BCUT2D eigenvalue weighted by atomic mass is 9.88. The lowest BCUT2D eigenvalue weighted by Crippen LogP contribution is -2.46. The number of halogens is 4. The van der Waals surface area contributed by atoms with Gasteiger partial charge in [-0.2, -0.15) is 26.0 Å². The maximum absolute atomic E-state index is 13.3. The van der Waals surface area contributed by atoms with Gasteiger partial charge in [0, 0.05) is 24.9 Å². The lowest BCUT2D eigenvalue weighted by Gasteiger charge is -2.25. The molecule has 2 saturated carbocycles. The van der Waals surface area contributed by atoms with Crippen molar-refractivity contribution in [3.05, 3.63) is 12.2 Å². The minimum Gasteiger partial charge on any atom is -0.458 e. The molecule has 5 unspecified atom stereocenters. The van der Waals surface area contributed by atoms with E-state index < -0.39 is 52.3 Å². The van der Waals surface area contributed by atoms with Gasteiger partial charge in [-0.3, -0.25) is 9.35 Å². The van der Waals surface area contributed by atoms with E-state index in [1.807, 2.05) is 0 Å². The molecule has 2 aliphatic carbocycles. The SMILES string of the molecule is C=C(COCCCCC(F)(F)C(F)(F)S(=O)(=O)O)C(=O)OC1C2CC3C(=O)OC1C3C2. The lowest BCUT2D eigenvalue weighted by molar-refractivity contribution is -0.165. The third-order valence-corrected chi connectivity index (χ3v) is 6.95. The Morgan fingerprint density at radius 3 is 2.55 bits per heavy atom. The molecule has 0 radical (unpaired) electrons. The van der Waals surface area contributed by atoms with Crippen molar-refractivity contribution < 1.29 is 54.3 Å². The topological polar surface area (TPSA) is 116 Å². The van der Waals surface area contributed by atoms with E-state index in [-0.39, 0.29) is 48.9 Å². The standard InChI is InChI=1S/C18H22F4O8S/c1-9(8-28-5-3-2-4-17(19,20)18(21,22)31(25,26)27)15(23)29-13-10-6-11-12(7-10)16(24)30-14(11)13/h10-14H,1-8H2,(H,25,26,27). The van der Waals surface area contributed by atoms with Crippen LogP contribution in [0.5, 0.6) is 0 Å². The molecule has 31 heavy (non-hydrogen) atoms. The van der Waals surface area contributed by atoms with Gasteiger partial charge in [-0.25, -0.2) is 4.79 Å². The number of fused-ring (bicyclic) bond motifs is 1. The molecular weight excluding hydrogens is 452 g/mol. The van der Waals surface area contributed by atoms with Crippen LogP contribution in [0, 0.1) is 17.8 Å². The zero-order valence-corrected chi connectivity index (χ0v) is 17.1. The second kappa shape index (κ2) is 8.32. The summed E-state index contributed by atoms with van der Waals surface area (Å²) in [7, 11) is -6.25. The highest BCUT2D eigenvalue weighted by Crippen LogP contribution is 2.55. The Bertz CT molecular complexity index is 859. The molecule has 0 spiro atoms. The normalized spacial score (nSPS) is 29.8. The molecule has 1 N–H and O–H groups in total. The largest absolute Gasteiger partial charge is 0.458 e. The summed E-state index contributed by atoms with van der Waals surface area (Å²) >= 11 is 0. The van der Waals surface area contributed by atoms with Gasteiger partial charge in [0.2, 0.25) is 0 Å². The number of carbonyl (C=O) groups excluding carboxylic acids is 2. The van der Waals surface area contributed by atoms with Crippen molar-refractivity contribution in [3.63, 3.8) is 0 Å². The van der Waals surface area contributed by atoms with E-state index in [4.69, 9.17) is 18.8 Å². The Labute approximate surface area is 175 Å². The van der Waals surface area contributed by atoms with Gasteiger partial charge >= 0.3 is 33.2 Å². The number of ether oxygens (including phenoxy) is 3. The molecule has 8 nitrogen and oxygen atoms in total. The maximum Gasteiger partial charge on any atom is 0.431 e. The van der Waals surface area contributed by atoms with E-state index in [1.54, 1.807) is 0 Å². The number of hydrogen-bond donors (Lipinski definition) is 1. The van der Waals surface area contributed by atoms with E-state index in [9.17, 15) is 35.6 Å². The Balaban J connectivity index is 1.35. The average Bonchev–Trinajstić information content (AvgIpc) is 3.28. The van der Waals surface area contributed by atoms with E-state index in [0.717, 1.165) is 6.42 Å². The predicted octanol–water partition coefficient (Wildman–Crippen LogP) is 2.34. The van der Waals surface area contributed by atoms with E-state index in [2.05, 4.69) is 6.58 Å². The minimum absolute atomic E-state index is 0.0478. The van der Waals surface area contributed by atoms with E-state index in [1.165, 1.54) is 0 Å². The number of unbranched alkanes of at least 4 members (excludes halogenated alkanes) is 1. The molecule has 13 heteroatoms. The molecule has 176 valence electrons. The molecule has 2 bridgehead atoms. The number of rotatable bonds is 11. The summed E-state index contributed by atoms with van der Waals surface area (Å²) in [5.41, 5.74) is -0.0492. The van der Waals surface area contributed by atoms with Gasteiger partial charge in [0.05, 0.1) is 18.1 Å². The summed E-state index contributed by atoms with van der Waals surface area (Å²) in [6, 6.07) is 0. The molecule has 1 aliphatic heterocycles. The summed E-state index contributed by atoms with van der Waals surface area (Å²) in [4.78, 5) is 23.9. The van der Waals surface area contributed by atoms with Crippen LogP contribution in [0.15, 0.2) is 12.2 Å². The Morgan fingerprint density at radius 2 is 1.90 bits per heavy atom. The molecule has 3 rings (SSSR count). The zero-order valence-electron chi connectivity index (χ0n) is 16.3. The summed E-state index contributed by atoms with van der Waals surface area (Å²) in [6.45, 7) is 3.06. The van der Waals surface area contributed by atoms with Crippen LogP contribution >= 0.6 is 0 Å². The third-order valence-electron chi connectivity index (χ3n) is 6.00. The highest BCUT2D eigenvalue weighted by atomic mass is 32.2. The zero-order chi connectivity index (χ0) is 23.2. The number of alkyl halides is 4. The summed E-state index contributed by atoms with van der Waals surface area (Å²) in [5.74, 6) is -5.97. The van der Waals surface area contributed by atoms with Gasteiger partial charge in [0.1, 0.15) is 12.2 Å². The molecule has 1 heterocycles. The van der Waals surface area contributed by atoms with Crippen LogP contribution in [-0.4, -0.2) is 61.5 Å². The van der Waals surface area contributed by atoms with Gasteiger partial charge < -0.3 is 14.2 Å². The summed E-state index contributed by atoms with van der Waals surface area (Å²) in [5, 5.41) is -5.59. The van der Waals surface area contributed by atoms with Crippen LogP contribution < -0.4 is 0 Å². The molecule has 0 aromatic rings. The fourth-order valence-corrected chi connectivity index (χ4v) is 4.89. The molecule has 0 aromatic heterocycles. The van der Waals surface area contributed by atoms with Crippen LogP contribution in [0.2, 0.25) is 0 Å². The fraction of sp³-hybridized carbons (Fsp3) is 0.778. The van der Waals surface area contributed by atoms with Crippen molar-refractivity contribution in [2.75, 3.05) is 13.2 Å². The molecule has 5 atom stereocenters. The van der Waals surface area contributed by atoms with Crippen molar-refractivity contribution >= 4 is 22.1 Å². The molecular formula is C18H22F4O8S. The van der Waals surface area contributed by atoms with Crippen molar-refractivity contribution in [1.29, 1.82) is 0 Å². The van der Waals surface area contributed by atoms with Gasteiger partial charge in [-0.15, -0.1) is 0 Å². The van der Waals surface area contributed by atoms with Crippen LogP contribution in [0.25, 0.3) is 0 Å². The first-order chi connectivity index (χ1) is 14.3. The van der Waals surface area contributed by atoms with Crippen molar-refractivity contribution in [3.8, 4) is 0 Å². The Hall–Kier alpha value is -1.73. The monoisotopic (exact) mass is 474 g/mol. The fourth-order valence-electron chi connectivity index (χ4n) is 4.41. The summed E-state index contributed by atoms with van der Waals surface area (Å²) < 4.78 is 97.7.